The molecule has 0 saturated heterocycles. The van der Waals surface area contributed by atoms with E-state index in [9.17, 15) is 25.3 Å². The van der Waals surface area contributed by atoms with Gasteiger partial charge in [-0.25, -0.2) is 25.3 Å². The van der Waals surface area contributed by atoms with Gasteiger partial charge in [0, 0.05) is 21.1 Å². The molecule has 0 N–H and O–H groups in total. The summed E-state index contributed by atoms with van der Waals surface area (Å²) >= 11 is 6.82. The van der Waals surface area contributed by atoms with Gasteiger partial charge in [0.1, 0.15) is 73.9 Å². The molecule has 0 saturated carbocycles. The molecule has 0 unspecified atom stereocenters. The lowest BCUT2D eigenvalue weighted by atomic mass is 10.3. The Hall–Kier alpha value is -8.19. The predicted molar refractivity (Wildman–Crippen MR) is 297 cm³/mol. The first kappa shape index (κ1) is 52.3. The van der Waals surface area contributed by atoms with Gasteiger partial charge < -0.3 is 28.4 Å². The van der Waals surface area contributed by atoms with Crippen molar-refractivity contribution < 1.29 is 53.7 Å². The predicted octanol–water partition coefficient (Wildman–Crippen LogP) is 16.5. The minimum absolute atomic E-state index is 0.00349. The fourth-order valence-corrected chi connectivity index (χ4v) is 12.3. The molecule has 0 aliphatic heterocycles. The molecule has 0 radical (unpaired) electrons. The number of hydrogen-bond acceptors (Lipinski definition) is 12. The van der Waals surface area contributed by atoms with E-state index in [-0.39, 0.29) is 35.1 Å². The molecule has 17 heteroatoms. The molecule has 0 atom stereocenters. The zero-order valence-corrected chi connectivity index (χ0v) is 45.6. The fraction of sp³-hybridized carbons (Fsp3) is 0. The zero-order chi connectivity index (χ0) is 53.6. The second kappa shape index (κ2) is 22.6. The number of benzene rings is 10. The van der Waals surface area contributed by atoms with Crippen LogP contribution in [-0.2, 0) is 29.5 Å². The van der Waals surface area contributed by atoms with Crippen LogP contribution in [-0.4, -0.2) is 25.3 Å². The van der Waals surface area contributed by atoms with E-state index in [1.807, 2.05) is 30.3 Å². The third-order valence-electron chi connectivity index (χ3n) is 11.4. The van der Waals surface area contributed by atoms with Gasteiger partial charge in [-0.3, -0.25) is 0 Å². The zero-order valence-electron chi connectivity index (χ0n) is 40.0. The third-order valence-corrected chi connectivity index (χ3v) is 17.8. The summed E-state index contributed by atoms with van der Waals surface area (Å²) in [5, 5.41) is 0. The quantitative estimate of drug-likeness (QED) is 0.0802. The Morgan fingerprint density at radius 1 is 0.234 bits per heavy atom. The summed E-state index contributed by atoms with van der Waals surface area (Å²) in [5.41, 5.74) is 0. The highest BCUT2D eigenvalue weighted by Gasteiger charge is 2.24. The van der Waals surface area contributed by atoms with Crippen molar-refractivity contribution in [3.8, 4) is 69.0 Å². The third kappa shape index (κ3) is 12.6. The maximum Gasteiger partial charge on any atom is 0.210 e. The van der Waals surface area contributed by atoms with Gasteiger partial charge in [-0.05, 0) is 194 Å². The van der Waals surface area contributed by atoms with Crippen molar-refractivity contribution in [1.29, 1.82) is 0 Å². The van der Waals surface area contributed by atoms with Crippen LogP contribution in [0.5, 0.6) is 69.0 Å². The SMILES string of the molecule is O=S(=O)(c1ccc(Oc2cccc(Br)c2)cc1)c1ccc(Oc2cccc(Oc3ccc(S(=O)(=O)c4ccccc4Oc4cccc(Oc5ccc(S(=O)(=O)c6ccc(Oc7cccc(Br)c7)cc6)cc5)c4)cc3)c2)cc1. The molecule has 0 aliphatic rings. The van der Waals surface area contributed by atoms with Gasteiger partial charge in [0.15, 0.2) is 0 Å². The molecule has 0 spiro atoms. The van der Waals surface area contributed by atoms with Crippen molar-refractivity contribution in [3.05, 3.63) is 252 Å². The molecular formula is C60H40Br2O12S3. The molecule has 0 aromatic heterocycles. The minimum Gasteiger partial charge on any atom is -0.457 e. The maximum absolute atomic E-state index is 14.1. The summed E-state index contributed by atoms with van der Waals surface area (Å²) in [6, 6.07) is 64.7. The average Bonchev–Trinajstić information content (AvgIpc) is 3.43. The van der Waals surface area contributed by atoms with E-state index in [1.165, 1.54) is 78.9 Å². The lowest BCUT2D eigenvalue weighted by Crippen LogP contribution is -2.04. The van der Waals surface area contributed by atoms with E-state index in [0.717, 1.165) is 8.95 Å². The normalized spacial score (nSPS) is 11.6. The van der Waals surface area contributed by atoms with Crippen LogP contribution in [0.25, 0.3) is 0 Å². The smallest absolute Gasteiger partial charge is 0.210 e. The summed E-state index contributed by atoms with van der Waals surface area (Å²) in [6.07, 6.45) is 0. The summed E-state index contributed by atoms with van der Waals surface area (Å²) in [4.78, 5) is 0.287. The lowest BCUT2D eigenvalue weighted by Gasteiger charge is -2.14. The standard InChI is InChI=1S/C60H40Br2O12S3/c61-41-7-3-9-48(37-41)69-43-17-27-54(28-18-43)75(63,64)56-31-21-45(22-32-56)71-50-11-5-12-51(39-50)72-47-25-35-58(36-26-47)77(67,68)60-16-2-1-15-59(60)74-53-14-6-13-52(40-53)73-46-23-33-57(34-24-46)76(65,66)55-29-19-44(20-30-55)70-49-10-4-8-42(62)38-49/h1-40H. The maximum atomic E-state index is 14.1. The van der Waals surface area contributed by atoms with E-state index < -0.39 is 29.5 Å². The highest BCUT2D eigenvalue weighted by atomic mass is 79.9. The number of ether oxygens (including phenoxy) is 6. The van der Waals surface area contributed by atoms with Gasteiger partial charge in [0.25, 0.3) is 0 Å². The molecule has 77 heavy (non-hydrogen) atoms. The van der Waals surface area contributed by atoms with Crippen molar-refractivity contribution >= 4 is 61.4 Å². The average molecular weight is 1210 g/mol. The minimum atomic E-state index is -4.11. The molecule has 0 fully saturated rings. The van der Waals surface area contributed by atoms with Gasteiger partial charge in [0.05, 0.1) is 24.5 Å². The van der Waals surface area contributed by atoms with Gasteiger partial charge in [-0.15, -0.1) is 0 Å². The van der Waals surface area contributed by atoms with Crippen LogP contribution in [0.4, 0.5) is 0 Å². The molecule has 10 aromatic carbocycles. The van der Waals surface area contributed by atoms with Gasteiger partial charge in [-0.1, -0.05) is 68.3 Å². The van der Waals surface area contributed by atoms with Crippen molar-refractivity contribution in [2.24, 2.45) is 0 Å². The van der Waals surface area contributed by atoms with E-state index in [0.29, 0.717) is 63.2 Å². The largest absolute Gasteiger partial charge is 0.457 e. The van der Waals surface area contributed by atoms with Crippen LogP contribution >= 0.6 is 31.9 Å². The molecule has 0 amide bonds. The first-order valence-electron chi connectivity index (χ1n) is 23.3. The number of sulfone groups is 3. The Morgan fingerprint density at radius 3 is 0.805 bits per heavy atom. The van der Waals surface area contributed by atoms with Crippen LogP contribution in [0, 0.1) is 0 Å². The van der Waals surface area contributed by atoms with Gasteiger partial charge in [0.2, 0.25) is 29.5 Å². The van der Waals surface area contributed by atoms with Gasteiger partial charge in [-0.2, -0.15) is 0 Å². The Labute approximate surface area is 461 Å². The molecule has 12 nitrogen and oxygen atoms in total. The van der Waals surface area contributed by atoms with Crippen LogP contribution in [0.15, 0.2) is 281 Å². The molecule has 0 heterocycles. The summed E-state index contributed by atoms with van der Waals surface area (Å²) < 4.78 is 120. The molecule has 10 rings (SSSR count). The van der Waals surface area contributed by atoms with Crippen LogP contribution in [0.2, 0.25) is 0 Å². The Balaban J connectivity index is 0.747. The monoisotopic (exact) mass is 1210 g/mol. The van der Waals surface area contributed by atoms with Crippen LogP contribution in [0.3, 0.4) is 0 Å². The van der Waals surface area contributed by atoms with Crippen LogP contribution in [0.1, 0.15) is 0 Å². The summed E-state index contributed by atoms with van der Waals surface area (Å²) in [5.74, 6) is 4.84. The van der Waals surface area contributed by atoms with E-state index in [2.05, 4.69) is 31.9 Å². The summed E-state index contributed by atoms with van der Waals surface area (Å²) in [7, 11) is -11.8. The second-order valence-electron chi connectivity index (χ2n) is 16.8. The van der Waals surface area contributed by atoms with Crippen molar-refractivity contribution in [3.63, 3.8) is 0 Å². The summed E-state index contributed by atoms with van der Waals surface area (Å²) in [6.45, 7) is 0. The van der Waals surface area contributed by atoms with Crippen molar-refractivity contribution in [1.82, 2.24) is 0 Å². The number of halogens is 2. The molecule has 0 bridgehead atoms. The topological polar surface area (TPSA) is 158 Å². The van der Waals surface area contributed by atoms with E-state index in [1.54, 1.807) is 133 Å². The first-order chi connectivity index (χ1) is 37.1. The molecular weight excluding hydrogens is 1170 g/mol. The first-order valence-corrected chi connectivity index (χ1v) is 29.3. The Bertz CT molecular complexity index is 4090. The highest BCUT2D eigenvalue weighted by Crippen LogP contribution is 2.37. The molecule has 384 valence electrons. The Morgan fingerprint density at radius 2 is 0.494 bits per heavy atom. The number of hydrogen-bond donors (Lipinski definition) is 0. The second-order valence-corrected chi connectivity index (χ2v) is 24.4. The molecule has 0 aliphatic carbocycles. The number of rotatable bonds is 18. The van der Waals surface area contributed by atoms with Crippen LogP contribution < -0.4 is 28.4 Å². The number of para-hydroxylation sites is 1. The van der Waals surface area contributed by atoms with Crippen molar-refractivity contribution in [2.45, 2.75) is 29.4 Å². The van der Waals surface area contributed by atoms with E-state index in [4.69, 9.17) is 28.4 Å². The van der Waals surface area contributed by atoms with Gasteiger partial charge >= 0.3 is 0 Å². The highest BCUT2D eigenvalue weighted by molar-refractivity contribution is 9.10. The fourth-order valence-electron chi connectivity index (χ4n) is 7.66. The van der Waals surface area contributed by atoms with Crippen molar-refractivity contribution in [2.75, 3.05) is 0 Å². The molecule has 10 aromatic rings. The lowest BCUT2D eigenvalue weighted by molar-refractivity contribution is 0.452. The van der Waals surface area contributed by atoms with E-state index >= 15 is 0 Å². The Kier molecular flexibility index (Phi) is 15.3.